The highest BCUT2D eigenvalue weighted by Gasteiger charge is 2.54. The summed E-state index contributed by atoms with van der Waals surface area (Å²) in [7, 11) is -2.94. The fourth-order valence-electron chi connectivity index (χ4n) is 5.39. The van der Waals surface area contributed by atoms with Gasteiger partial charge in [-0.25, -0.2) is 4.79 Å². The third-order valence-corrected chi connectivity index (χ3v) is 12.3. The molecule has 0 saturated heterocycles. The number of rotatable bonds is 8. The van der Waals surface area contributed by atoms with Gasteiger partial charge in [0.15, 0.2) is 0 Å². The Kier molecular flexibility index (Phi) is 7.81. The van der Waals surface area contributed by atoms with Crippen molar-refractivity contribution in [3.63, 3.8) is 0 Å². The lowest BCUT2D eigenvalue weighted by atomic mass is 9.99. The number of benzene rings is 3. The van der Waals surface area contributed by atoms with Gasteiger partial charge in [-0.15, -0.1) is 0 Å². The number of hydrogen-bond donors (Lipinski definition) is 1. The van der Waals surface area contributed by atoms with E-state index in [2.05, 4.69) is 51.6 Å². The molecule has 0 spiro atoms. The van der Waals surface area contributed by atoms with Crippen molar-refractivity contribution in [1.82, 2.24) is 0 Å². The predicted molar refractivity (Wildman–Crippen MR) is 148 cm³/mol. The number of carbonyl (C=O) groups excluding carboxylic acids is 1. The minimum Gasteiger partial charge on any atom is -0.481 e. The van der Waals surface area contributed by atoms with Crippen LogP contribution in [0.1, 0.15) is 37.6 Å². The Morgan fingerprint density at radius 2 is 1.38 bits per heavy atom. The summed E-state index contributed by atoms with van der Waals surface area (Å²) in [5.41, 5.74) is 0.988. The van der Waals surface area contributed by atoms with E-state index in [1.54, 1.807) is 24.3 Å². The molecule has 37 heavy (non-hydrogen) atoms. The highest BCUT2D eigenvalue weighted by Crippen LogP contribution is 2.44. The lowest BCUT2D eigenvalue weighted by Crippen LogP contribution is -2.68. The van der Waals surface area contributed by atoms with Crippen molar-refractivity contribution < 1.29 is 23.9 Å². The van der Waals surface area contributed by atoms with Gasteiger partial charge >= 0.3 is 11.9 Å². The molecule has 6 heteroatoms. The zero-order valence-electron chi connectivity index (χ0n) is 21.6. The molecule has 3 atom stereocenters. The normalized spacial score (nSPS) is 20.0. The zero-order chi connectivity index (χ0) is 26.6. The van der Waals surface area contributed by atoms with Gasteiger partial charge in [-0.3, -0.25) is 4.79 Å². The molecule has 4 rings (SSSR count). The third kappa shape index (κ3) is 5.31. The number of carboxylic acids is 1. The summed E-state index contributed by atoms with van der Waals surface area (Å²) in [6.07, 6.45) is -0.185. The maximum Gasteiger partial charge on any atom is 0.338 e. The van der Waals surface area contributed by atoms with Crippen molar-refractivity contribution in [1.29, 1.82) is 0 Å². The fraction of sp³-hybridized carbons (Fsp3) is 0.290. The molecule has 0 radical (unpaired) electrons. The van der Waals surface area contributed by atoms with Crippen LogP contribution in [0.3, 0.4) is 0 Å². The molecule has 0 amide bonds. The van der Waals surface area contributed by atoms with Crippen molar-refractivity contribution >= 4 is 30.6 Å². The predicted octanol–water partition coefficient (Wildman–Crippen LogP) is 5.07. The lowest BCUT2D eigenvalue weighted by molar-refractivity contribution is -0.140. The van der Waals surface area contributed by atoms with E-state index >= 15 is 0 Å². The van der Waals surface area contributed by atoms with Crippen LogP contribution in [0.25, 0.3) is 0 Å². The lowest BCUT2D eigenvalue weighted by Gasteiger charge is -2.45. The van der Waals surface area contributed by atoms with Gasteiger partial charge in [0.1, 0.15) is 6.61 Å². The second-order valence-corrected chi connectivity index (χ2v) is 14.8. The summed E-state index contributed by atoms with van der Waals surface area (Å²) in [6, 6.07) is 29.2. The maximum atomic E-state index is 12.7. The molecule has 1 aliphatic rings. The average molecular weight is 515 g/mol. The minimum atomic E-state index is -2.94. The molecule has 192 valence electrons. The second-order valence-electron chi connectivity index (χ2n) is 10.6. The van der Waals surface area contributed by atoms with Gasteiger partial charge in [0.2, 0.25) is 0 Å². The summed E-state index contributed by atoms with van der Waals surface area (Å²) in [4.78, 5) is 24.9. The molecule has 0 aromatic heterocycles. The van der Waals surface area contributed by atoms with Gasteiger partial charge in [0.25, 0.3) is 8.32 Å². The number of carboxylic acid groups (broad SMARTS) is 1. The maximum absolute atomic E-state index is 12.7. The smallest absolute Gasteiger partial charge is 0.338 e. The quantitative estimate of drug-likeness (QED) is 0.258. The largest absolute Gasteiger partial charge is 0.481 e. The first-order valence-corrected chi connectivity index (χ1v) is 14.5. The summed E-state index contributed by atoms with van der Waals surface area (Å²) in [5.74, 6) is -2.58. The Morgan fingerprint density at radius 1 is 0.892 bits per heavy atom. The Labute approximate surface area is 219 Å². The van der Waals surface area contributed by atoms with Crippen molar-refractivity contribution in [2.45, 2.75) is 38.3 Å². The Bertz CT molecular complexity index is 1200. The van der Waals surface area contributed by atoms with Crippen molar-refractivity contribution in [2.75, 3.05) is 6.61 Å². The van der Waals surface area contributed by atoms with Crippen LogP contribution >= 0.6 is 0 Å². The van der Waals surface area contributed by atoms with E-state index < -0.39 is 38.2 Å². The van der Waals surface area contributed by atoms with Crippen LogP contribution in [-0.4, -0.2) is 38.1 Å². The van der Waals surface area contributed by atoms with E-state index in [9.17, 15) is 14.7 Å². The summed E-state index contributed by atoms with van der Waals surface area (Å²) >= 11 is 0. The van der Waals surface area contributed by atoms with E-state index in [1.807, 2.05) is 42.5 Å². The molecule has 1 N–H and O–H groups in total. The van der Waals surface area contributed by atoms with E-state index in [-0.39, 0.29) is 18.1 Å². The third-order valence-electron chi connectivity index (χ3n) is 7.29. The number of esters is 1. The molecule has 3 aromatic rings. The van der Waals surface area contributed by atoms with Crippen LogP contribution < -0.4 is 10.4 Å². The summed E-state index contributed by atoms with van der Waals surface area (Å²) < 4.78 is 13.0. The molecule has 0 bridgehead atoms. The monoisotopic (exact) mass is 514 g/mol. The second kappa shape index (κ2) is 10.9. The van der Waals surface area contributed by atoms with Gasteiger partial charge in [0, 0.05) is 5.92 Å². The first kappa shape index (κ1) is 26.6. The summed E-state index contributed by atoms with van der Waals surface area (Å²) in [5, 5.41) is 11.9. The summed E-state index contributed by atoms with van der Waals surface area (Å²) in [6.45, 7) is 10.7. The van der Waals surface area contributed by atoms with Crippen molar-refractivity contribution in [2.24, 2.45) is 11.8 Å². The van der Waals surface area contributed by atoms with Crippen molar-refractivity contribution in [3.05, 3.63) is 109 Å². The standard InChI is InChI=1S/C31H34O5Si/c1-22-26(29(32)33)20-28(27(22)21-35-30(34)23-14-8-5-9-15-23)36-37(31(2,3)4,24-16-10-6-11-17-24)25-18-12-7-13-19-25/h5-19,26-28H,1,20-21H2,2-4H3,(H,32,33)/t26?,27-,28-/m0/s1. The number of aliphatic carboxylic acids is 1. The highest BCUT2D eigenvalue weighted by atomic mass is 28.4. The highest BCUT2D eigenvalue weighted by molar-refractivity contribution is 6.99. The molecular weight excluding hydrogens is 480 g/mol. The van der Waals surface area contributed by atoms with Crippen LogP contribution in [0.2, 0.25) is 5.04 Å². The molecule has 0 heterocycles. The number of carbonyl (C=O) groups is 2. The van der Waals surface area contributed by atoms with E-state index in [4.69, 9.17) is 9.16 Å². The zero-order valence-corrected chi connectivity index (χ0v) is 22.6. The molecule has 1 aliphatic carbocycles. The van der Waals surface area contributed by atoms with Crippen LogP contribution in [-0.2, 0) is 14.0 Å². The molecule has 1 fully saturated rings. The van der Waals surface area contributed by atoms with Crippen LogP contribution in [0.5, 0.6) is 0 Å². The molecule has 1 unspecified atom stereocenters. The minimum absolute atomic E-state index is 0.0131. The van der Waals surface area contributed by atoms with Crippen molar-refractivity contribution in [3.8, 4) is 0 Å². The van der Waals surface area contributed by atoms with E-state index in [1.165, 1.54) is 0 Å². The number of hydrogen-bond acceptors (Lipinski definition) is 4. The molecule has 3 aromatic carbocycles. The van der Waals surface area contributed by atoms with E-state index in [0.29, 0.717) is 11.1 Å². The number of ether oxygens (including phenoxy) is 1. The van der Waals surface area contributed by atoms with Gasteiger partial charge in [-0.2, -0.15) is 0 Å². The van der Waals surface area contributed by atoms with E-state index in [0.717, 1.165) is 10.4 Å². The van der Waals surface area contributed by atoms with Gasteiger partial charge in [-0.1, -0.05) is 112 Å². The fourth-order valence-corrected chi connectivity index (χ4v) is 10.1. The van der Waals surface area contributed by atoms with Gasteiger partial charge < -0.3 is 14.3 Å². The van der Waals surface area contributed by atoms with Crippen LogP contribution in [0, 0.1) is 11.8 Å². The van der Waals surface area contributed by atoms with Crippen LogP contribution in [0.4, 0.5) is 0 Å². The first-order chi connectivity index (χ1) is 17.6. The van der Waals surface area contributed by atoms with Crippen LogP contribution in [0.15, 0.2) is 103 Å². The molecule has 0 aliphatic heterocycles. The Balaban J connectivity index is 1.74. The van der Waals surface area contributed by atoms with Gasteiger partial charge in [0.05, 0.1) is 17.6 Å². The Morgan fingerprint density at radius 3 is 1.84 bits per heavy atom. The SMILES string of the molecule is C=C1C(C(=O)O)C[C@H](O[Si](c2ccccc2)(c2ccccc2)C(C)(C)C)[C@H]1COC(=O)c1ccccc1. The van der Waals surface area contributed by atoms with Gasteiger partial charge in [-0.05, 0) is 34.0 Å². The topological polar surface area (TPSA) is 72.8 Å². The molecular formula is C31H34O5Si. The Hall–Kier alpha value is -3.48. The first-order valence-electron chi connectivity index (χ1n) is 12.6. The average Bonchev–Trinajstić information content (AvgIpc) is 3.21. The molecule has 1 saturated carbocycles. The molecule has 5 nitrogen and oxygen atoms in total.